The molecule has 0 heterocycles. The van der Waals surface area contributed by atoms with Crippen LogP contribution < -0.4 is 0 Å². The van der Waals surface area contributed by atoms with Crippen LogP contribution in [0.3, 0.4) is 0 Å². The molecule has 1 aromatic carbocycles. The Balaban J connectivity index is 2.87. The van der Waals surface area contributed by atoms with Crippen LogP contribution in [0.2, 0.25) is 0 Å². The van der Waals surface area contributed by atoms with Crippen molar-refractivity contribution >= 4 is 0 Å². The summed E-state index contributed by atoms with van der Waals surface area (Å²) in [5.41, 5.74) is 1.97. The maximum Gasteiger partial charge on any atom is 0.0991 e. The highest BCUT2D eigenvalue weighted by molar-refractivity contribution is 5.33. The zero-order valence-corrected chi connectivity index (χ0v) is 7.99. The number of allylic oxidation sites excluding steroid dienone is 2. The summed E-state index contributed by atoms with van der Waals surface area (Å²) in [6.07, 6.45) is 4.18. The lowest BCUT2D eigenvalue weighted by atomic mass is 10.00. The Bertz CT molecular complexity index is 327. The van der Waals surface area contributed by atoms with Gasteiger partial charge in [-0.2, -0.15) is 5.26 Å². The molecule has 0 aliphatic heterocycles. The highest BCUT2D eigenvalue weighted by atomic mass is 14.2. The zero-order chi connectivity index (χ0) is 9.68. The number of benzene rings is 1. The largest absolute Gasteiger partial charge is 0.192 e. The Morgan fingerprint density at radius 3 is 2.38 bits per heavy atom. The van der Waals surface area contributed by atoms with Gasteiger partial charge in [0.15, 0.2) is 0 Å². The van der Waals surface area contributed by atoms with Crippen LogP contribution >= 0.6 is 0 Å². The van der Waals surface area contributed by atoms with Gasteiger partial charge in [0.25, 0.3) is 0 Å². The molecule has 1 heteroatoms. The van der Waals surface area contributed by atoms with Gasteiger partial charge in [0.1, 0.15) is 0 Å². The van der Waals surface area contributed by atoms with Crippen LogP contribution in [0.1, 0.15) is 30.9 Å². The first-order chi connectivity index (χ1) is 6.27. The lowest BCUT2D eigenvalue weighted by molar-refractivity contribution is 0.965. The fraction of sp³-hybridized carbons (Fsp3) is 0.250. The van der Waals surface area contributed by atoms with E-state index in [0.29, 0.717) is 5.92 Å². The first-order valence-corrected chi connectivity index (χ1v) is 4.41. The first-order valence-electron chi connectivity index (χ1n) is 4.41. The Hall–Kier alpha value is -1.55. The zero-order valence-electron chi connectivity index (χ0n) is 7.99. The minimum atomic E-state index is 0.428. The van der Waals surface area contributed by atoms with E-state index in [1.54, 1.807) is 0 Å². The van der Waals surface area contributed by atoms with Gasteiger partial charge in [-0.1, -0.05) is 31.2 Å². The van der Waals surface area contributed by atoms with Crippen molar-refractivity contribution < 1.29 is 0 Å². The Morgan fingerprint density at radius 1 is 1.31 bits per heavy atom. The van der Waals surface area contributed by atoms with Crippen molar-refractivity contribution in [2.45, 2.75) is 19.8 Å². The van der Waals surface area contributed by atoms with E-state index in [2.05, 4.69) is 19.1 Å². The Labute approximate surface area is 79.3 Å². The predicted molar refractivity (Wildman–Crippen MR) is 54.4 cm³/mol. The van der Waals surface area contributed by atoms with E-state index >= 15 is 0 Å². The molecule has 0 unspecified atom stereocenters. The molecule has 0 bridgehead atoms. The van der Waals surface area contributed by atoms with Gasteiger partial charge in [-0.3, -0.25) is 0 Å². The summed E-state index contributed by atoms with van der Waals surface area (Å²) in [6.45, 7) is 4.15. The number of rotatable bonds is 2. The van der Waals surface area contributed by atoms with Gasteiger partial charge in [0, 0.05) is 0 Å². The summed E-state index contributed by atoms with van der Waals surface area (Å²) in [7, 11) is 0. The van der Waals surface area contributed by atoms with Crippen molar-refractivity contribution in [3.63, 3.8) is 0 Å². The second-order valence-electron chi connectivity index (χ2n) is 3.05. The van der Waals surface area contributed by atoms with Gasteiger partial charge in [-0.15, -0.1) is 0 Å². The fourth-order valence-electron chi connectivity index (χ4n) is 1.26. The molecule has 0 aromatic heterocycles. The van der Waals surface area contributed by atoms with Crippen LogP contribution in [0.15, 0.2) is 36.4 Å². The van der Waals surface area contributed by atoms with E-state index in [1.165, 1.54) is 5.56 Å². The highest BCUT2D eigenvalue weighted by Gasteiger charge is 1.99. The second kappa shape index (κ2) is 4.47. The fourth-order valence-corrected chi connectivity index (χ4v) is 1.26. The molecule has 0 saturated heterocycles. The van der Waals surface area contributed by atoms with Crippen LogP contribution in [0.5, 0.6) is 0 Å². The monoisotopic (exact) mass is 171 g/mol. The van der Waals surface area contributed by atoms with E-state index in [0.717, 1.165) is 5.56 Å². The molecule has 0 fully saturated rings. The molecule has 0 spiro atoms. The van der Waals surface area contributed by atoms with Crippen molar-refractivity contribution in [2.75, 3.05) is 0 Å². The summed E-state index contributed by atoms with van der Waals surface area (Å²) in [6, 6.07) is 9.83. The van der Waals surface area contributed by atoms with Crippen molar-refractivity contribution in [3.8, 4) is 6.07 Å². The number of nitrogens with zero attached hydrogens (tertiary/aromatic N) is 1. The summed E-state index contributed by atoms with van der Waals surface area (Å²) in [5.74, 6) is 0.428. The van der Waals surface area contributed by atoms with Crippen molar-refractivity contribution in [2.24, 2.45) is 0 Å². The maximum absolute atomic E-state index is 8.61. The smallest absolute Gasteiger partial charge is 0.0991 e. The molecule has 0 saturated carbocycles. The number of hydrogen-bond acceptors (Lipinski definition) is 1. The third kappa shape index (κ3) is 2.45. The van der Waals surface area contributed by atoms with Gasteiger partial charge in [0.2, 0.25) is 0 Å². The average Bonchev–Trinajstić information content (AvgIpc) is 2.18. The quantitative estimate of drug-likeness (QED) is 0.627. The number of hydrogen-bond donors (Lipinski definition) is 0. The average molecular weight is 171 g/mol. The standard InChI is InChI=1S/C12H13N/c1-3-4-10(2)12-7-5-11(9-13)6-8-12/h3-8,10H,1-2H3/b4-3+/t10-/m1/s1. The molecule has 0 aliphatic rings. The van der Waals surface area contributed by atoms with Crippen LogP contribution in [0, 0.1) is 11.3 Å². The molecular weight excluding hydrogens is 158 g/mol. The third-order valence-corrected chi connectivity index (χ3v) is 2.05. The summed E-state index contributed by atoms with van der Waals surface area (Å²) >= 11 is 0. The second-order valence-corrected chi connectivity index (χ2v) is 3.05. The molecule has 1 nitrogen and oxygen atoms in total. The van der Waals surface area contributed by atoms with Crippen molar-refractivity contribution in [3.05, 3.63) is 47.5 Å². The normalized spacial score (nSPS) is 12.7. The molecule has 1 aromatic rings. The van der Waals surface area contributed by atoms with E-state index in [1.807, 2.05) is 37.3 Å². The SMILES string of the molecule is C/C=C/[C@@H](C)c1ccc(C#N)cc1. The molecule has 66 valence electrons. The van der Waals surface area contributed by atoms with Crippen LogP contribution in [0.4, 0.5) is 0 Å². The van der Waals surface area contributed by atoms with E-state index in [9.17, 15) is 0 Å². The lowest BCUT2D eigenvalue weighted by Crippen LogP contribution is -1.88. The van der Waals surface area contributed by atoms with Crippen LogP contribution in [-0.2, 0) is 0 Å². The number of nitriles is 1. The van der Waals surface area contributed by atoms with Crippen LogP contribution in [-0.4, -0.2) is 0 Å². The molecule has 1 atom stereocenters. The van der Waals surface area contributed by atoms with Gasteiger partial charge in [-0.05, 0) is 30.5 Å². The topological polar surface area (TPSA) is 23.8 Å². The minimum absolute atomic E-state index is 0.428. The lowest BCUT2D eigenvalue weighted by Gasteiger charge is -2.05. The third-order valence-electron chi connectivity index (χ3n) is 2.05. The van der Waals surface area contributed by atoms with Gasteiger partial charge >= 0.3 is 0 Å². The van der Waals surface area contributed by atoms with Gasteiger partial charge < -0.3 is 0 Å². The Morgan fingerprint density at radius 2 is 1.92 bits per heavy atom. The predicted octanol–water partition coefficient (Wildman–Crippen LogP) is 3.24. The molecule has 1 rings (SSSR count). The summed E-state index contributed by atoms with van der Waals surface area (Å²) in [5, 5.41) is 8.61. The minimum Gasteiger partial charge on any atom is -0.192 e. The summed E-state index contributed by atoms with van der Waals surface area (Å²) in [4.78, 5) is 0. The van der Waals surface area contributed by atoms with Crippen LogP contribution in [0.25, 0.3) is 0 Å². The molecule has 0 aliphatic carbocycles. The summed E-state index contributed by atoms with van der Waals surface area (Å²) < 4.78 is 0. The first kappa shape index (κ1) is 9.54. The van der Waals surface area contributed by atoms with Gasteiger partial charge in [0.05, 0.1) is 11.6 Å². The van der Waals surface area contributed by atoms with Crippen molar-refractivity contribution in [1.82, 2.24) is 0 Å². The van der Waals surface area contributed by atoms with E-state index < -0.39 is 0 Å². The molecule has 0 amide bonds. The maximum atomic E-state index is 8.61. The molecular formula is C12H13N. The highest BCUT2D eigenvalue weighted by Crippen LogP contribution is 2.16. The van der Waals surface area contributed by atoms with E-state index in [-0.39, 0.29) is 0 Å². The molecule has 13 heavy (non-hydrogen) atoms. The Kier molecular flexibility index (Phi) is 3.28. The molecule has 0 N–H and O–H groups in total. The van der Waals surface area contributed by atoms with Gasteiger partial charge in [-0.25, -0.2) is 0 Å². The molecule has 0 radical (unpaired) electrons. The van der Waals surface area contributed by atoms with Crippen molar-refractivity contribution in [1.29, 1.82) is 5.26 Å². The van der Waals surface area contributed by atoms with E-state index in [4.69, 9.17) is 5.26 Å².